The molecular weight excluding hydrogens is 240 g/mol. The molecule has 5 heteroatoms. The summed E-state index contributed by atoms with van der Waals surface area (Å²) in [6, 6.07) is 5.20. The van der Waals surface area contributed by atoms with E-state index in [4.69, 9.17) is 22.1 Å². The number of halogens is 1. The highest BCUT2D eigenvalue weighted by Gasteiger charge is 2.36. The molecule has 0 bridgehead atoms. The molecule has 2 unspecified atom stereocenters. The molecule has 4 nitrogen and oxygen atoms in total. The molecule has 0 saturated carbocycles. The smallest absolute Gasteiger partial charge is 0.224 e. The zero-order valence-corrected chi connectivity index (χ0v) is 10.6. The number of amides is 1. The number of nitrogens with two attached hydrogens (primary N) is 1. The van der Waals surface area contributed by atoms with E-state index in [1.165, 1.54) is 0 Å². The number of carbonyl (C=O) groups excluding carboxylic acids is 1. The third-order valence-corrected chi connectivity index (χ3v) is 3.44. The zero-order valence-electron chi connectivity index (χ0n) is 9.81. The monoisotopic (exact) mass is 254 g/mol. The molecule has 1 heterocycles. The van der Waals surface area contributed by atoms with E-state index in [1.807, 2.05) is 6.07 Å². The van der Waals surface area contributed by atoms with Gasteiger partial charge in [-0.15, -0.1) is 0 Å². The van der Waals surface area contributed by atoms with E-state index in [-0.39, 0.29) is 18.0 Å². The zero-order chi connectivity index (χ0) is 12.6. The molecule has 0 aromatic heterocycles. The van der Waals surface area contributed by atoms with Crippen LogP contribution < -0.4 is 10.5 Å². The lowest BCUT2D eigenvalue weighted by Crippen LogP contribution is -2.30. The van der Waals surface area contributed by atoms with Crippen molar-refractivity contribution in [1.82, 2.24) is 4.90 Å². The average Bonchev–Trinajstić information content (AvgIpc) is 2.53. The number of nitrogens with zero attached hydrogens (tertiary/aromatic N) is 1. The van der Waals surface area contributed by atoms with Crippen LogP contribution in [0.2, 0.25) is 5.02 Å². The SMILES string of the molecule is COc1ccc(C2C(N)CC(=O)N2C)cc1Cl. The highest BCUT2D eigenvalue weighted by atomic mass is 35.5. The number of hydrogen-bond acceptors (Lipinski definition) is 3. The molecule has 1 aliphatic heterocycles. The third kappa shape index (κ3) is 2.10. The molecule has 1 aliphatic rings. The number of likely N-dealkylation sites (tertiary alicyclic amines) is 1. The van der Waals surface area contributed by atoms with Gasteiger partial charge < -0.3 is 15.4 Å². The Morgan fingerprint density at radius 1 is 1.53 bits per heavy atom. The number of hydrogen-bond donors (Lipinski definition) is 1. The Kier molecular flexibility index (Phi) is 3.26. The van der Waals surface area contributed by atoms with Crippen molar-refractivity contribution in [1.29, 1.82) is 0 Å². The van der Waals surface area contributed by atoms with Crippen LogP contribution in [0.15, 0.2) is 18.2 Å². The van der Waals surface area contributed by atoms with Gasteiger partial charge in [0.2, 0.25) is 5.91 Å². The van der Waals surface area contributed by atoms with Crippen LogP contribution in [-0.2, 0) is 4.79 Å². The highest BCUT2D eigenvalue weighted by Crippen LogP contribution is 2.34. The maximum absolute atomic E-state index is 11.6. The molecule has 0 spiro atoms. The summed E-state index contributed by atoms with van der Waals surface area (Å²) >= 11 is 6.07. The Labute approximate surface area is 105 Å². The van der Waals surface area contributed by atoms with Gasteiger partial charge in [0.05, 0.1) is 18.2 Å². The van der Waals surface area contributed by atoms with Gasteiger partial charge in [-0.25, -0.2) is 0 Å². The molecule has 1 fully saturated rings. The van der Waals surface area contributed by atoms with Crippen LogP contribution in [-0.4, -0.2) is 31.0 Å². The van der Waals surface area contributed by atoms with Crippen molar-refractivity contribution >= 4 is 17.5 Å². The third-order valence-electron chi connectivity index (χ3n) is 3.14. The first-order valence-electron chi connectivity index (χ1n) is 5.39. The molecule has 2 atom stereocenters. The molecule has 2 N–H and O–H groups in total. The Bertz CT molecular complexity index is 450. The quantitative estimate of drug-likeness (QED) is 0.872. The minimum atomic E-state index is -0.183. The Balaban J connectivity index is 2.34. The first-order chi connectivity index (χ1) is 8.04. The number of carbonyl (C=O) groups is 1. The van der Waals surface area contributed by atoms with Gasteiger partial charge in [0.15, 0.2) is 0 Å². The van der Waals surface area contributed by atoms with Gasteiger partial charge in [-0.2, -0.15) is 0 Å². The highest BCUT2D eigenvalue weighted by molar-refractivity contribution is 6.32. The van der Waals surface area contributed by atoms with Crippen molar-refractivity contribution in [2.75, 3.05) is 14.2 Å². The van der Waals surface area contributed by atoms with Gasteiger partial charge >= 0.3 is 0 Å². The lowest BCUT2D eigenvalue weighted by Gasteiger charge is -2.23. The number of methoxy groups -OCH3 is 1. The van der Waals surface area contributed by atoms with Crippen LogP contribution in [0.4, 0.5) is 0 Å². The fourth-order valence-electron chi connectivity index (χ4n) is 2.24. The predicted molar refractivity (Wildman–Crippen MR) is 66.1 cm³/mol. The summed E-state index contributed by atoms with van der Waals surface area (Å²) in [5, 5.41) is 0.532. The van der Waals surface area contributed by atoms with Crippen molar-refractivity contribution in [3.05, 3.63) is 28.8 Å². The van der Waals surface area contributed by atoms with Crippen LogP contribution in [0.5, 0.6) is 5.75 Å². The maximum atomic E-state index is 11.6. The van der Waals surface area contributed by atoms with E-state index < -0.39 is 0 Å². The van der Waals surface area contributed by atoms with E-state index in [1.54, 1.807) is 31.2 Å². The lowest BCUT2D eigenvalue weighted by atomic mass is 10.0. The van der Waals surface area contributed by atoms with Gasteiger partial charge in [-0.3, -0.25) is 4.79 Å². The molecule has 1 saturated heterocycles. The first-order valence-corrected chi connectivity index (χ1v) is 5.77. The first kappa shape index (κ1) is 12.2. The fraction of sp³-hybridized carbons (Fsp3) is 0.417. The second kappa shape index (κ2) is 4.55. The van der Waals surface area contributed by atoms with Gasteiger partial charge in [0.25, 0.3) is 0 Å². The summed E-state index contributed by atoms with van der Waals surface area (Å²) in [6.07, 6.45) is 0.380. The average molecular weight is 255 g/mol. The van der Waals surface area contributed by atoms with Crippen molar-refractivity contribution in [3.63, 3.8) is 0 Å². The fourth-order valence-corrected chi connectivity index (χ4v) is 2.50. The number of ether oxygens (including phenoxy) is 1. The largest absolute Gasteiger partial charge is 0.495 e. The Morgan fingerprint density at radius 2 is 2.24 bits per heavy atom. The molecule has 1 amide bonds. The second-order valence-corrected chi connectivity index (χ2v) is 4.62. The normalized spacial score (nSPS) is 24.2. The van der Waals surface area contributed by atoms with E-state index in [0.29, 0.717) is 17.2 Å². The van der Waals surface area contributed by atoms with Crippen LogP contribution in [0.25, 0.3) is 0 Å². The van der Waals surface area contributed by atoms with Gasteiger partial charge in [-0.1, -0.05) is 17.7 Å². The summed E-state index contributed by atoms with van der Waals surface area (Å²) in [6.45, 7) is 0. The Hall–Kier alpha value is -1.26. The molecule has 1 aromatic rings. The van der Waals surface area contributed by atoms with Crippen LogP contribution in [0, 0.1) is 0 Å². The number of likely N-dealkylation sites (N-methyl/N-ethyl adjacent to an activating group) is 1. The minimum absolute atomic E-state index is 0.0643. The van der Waals surface area contributed by atoms with Crippen molar-refractivity contribution in [2.45, 2.75) is 18.5 Å². The molecule has 92 valence electrons. The summed E-state index contributed by atoms with van der Waals surface area (Å²) in [5.74, 6) is 0.686. The standard InChI is InChI=1S/C12H15ClN2O2/c1-15-11(16)6-9(14)12(15)7-3-4-10(17-2)8(13)5-7/h3-5,9,12H,6,14H2,1-2H3. The minimum Gasteiger partial charge on any atom is -0.495 e. The summed E-state index contributed by atoms with van der Waals surface area (Å²) in [7, 11) is 3.33. The van der Waals surface area contributed by atoms with Crippen molar-refractivity contribution < 1.29 is 9.53 Å². The van der Waals surface area contributed by atoms with E-state index >= 15 is 0 Å². The van der Waals surface area contributed by atoms with Gasteiger partial charge in [0, 0.05) is 19.5 Å². The second-order valence-electron chi connectivity index (χ2n) is 4.21. The summed E-state index contributed by atoms with van der Waals surface area (Å²) in [5.41, 5.74) is 6.92. The molecule has 2 rings (SSSR count). The summed E-state index contributed by atoms with van der Waals surface area (Å²) in [4.78, 5) is 13.2. The van der Waals surface area contributed by atoms with Crippen LogP contribution >= 0.6 is 11.6 Å². The molecular formula is C12H15ClN2O2. The van der Waals surface area contributed by atoms with Crippen molar-refractivity contribution in [2.24, 2.45) is 5.73 Å². The predicted octanol–water partition coefficient (Wildman–Crippen LogP) is 1.58. The van der Waals surface area contributed by atoms with E-state index in [0.717, 1.165) is 5.56 Å². The summed E-state index contributed by atoms with van der Waals surface area (Å²) < 4.78 is 5.09. The number of benzene rings is 1. The van der Waals surface area contributed by atoms with Gasteiger partial charge in [-0.05, 0) is 17.7 Å². The van der Waals surface area contributed by atoms with Crippen LogP contribution in [0.3, 0.4) is 0 Å². The lowest BCUT2D eigenvalue weighted by molar-refractivity contribution is -0.127. The van der Waals surface area contributed by atoms with Crippen LogP contribution in [0.1, 0.15) is 18.0 Å². The molecule has 17 heavy (non-hydrogen) atoms. The van der Waals surface area contributed by atoms with E-state index in [9.17, 15) is 4.79 Å². The molecule has 1 aromatic carbocycles. The maximum Gasteiger partial charge on any atom is 0.224 e. The Morgan fingerprint density at radius 3 is 2.71 bits per heavy atom. The number of rotatable bonds is 2. The van der Waals surface area contributed by atoms with Crippen molar-refractivity contribution in [3.8, 4) is 5.75 Å². The molecule has 0 radical (unpaired) electrons. The van der Waals surface area contributed by atoms with Gasteiger partial charge in [0.1, 0.15) is 5.75 Å². The topological polar surface area (TPSA) is 55.6 Å². The van der Waals surface area contributed by atoms with E-state index in [2.05, 4.69) is 0 Å². The molecule has 0 aliphatic carbocycles.